The van der Waals surface area contributed by atoms with Gasteiger partial charge in [0.25, 0.3) is 0 Å². The minimum Gasteiger partial charge on any atom is -0.449 e. The summed E-state index contributed by atoms with van der Waals surface area (Å²) in [6, 6.07) is 0.575. The molecule has 1 aliphatic heterocycles. The summed E-state index contributed by atoms with van der Waals surface area (Å²) in [4.78, 5) is 13.6. The van der Waals surface area contributed by atoms with Crippen molar-refractivity contribution in [1.82, 2.24) is 10.2 Å². The predicted octanol–water partition coefficient (Wildman–Crippen LogP) is 2.63. The Labute approximate surface area is 111 Å². The Bertz CT molecular complexity index is 236. The largest absolute Gasteiger partial charge is 0.449 e. The van der Waals surface area contributed by atoms with Crippen LogP contribution >= 0.6 is 0 Å². The Hall–Kier alpha value is -0.770. The van der Waals surface area contributed by atoms with Gasteiger partial charge in [0.1, 0.15) is 0 Å². The second kappa shape index (κ2) is 8.35. The van der Waals surface area contributed by atoms with Crippen LogP contribution in [0.2, 0.25) is 0 Å². The summed E-state index contributed by atoms with van der Waals surface area (Å²) >= 11 is 0. The number of likely N-dealkylation sites (tertiary alicyclic amines) is 1. The highest BCUT2D eigenvalue weighted by Gasteiger charge is 2.23. The first kappa shape index (κ1) is 15.3. The van der Waals surface area contributed by atoms with Gasteiger partial charge in [-0.1, -0.05) is 27.2 Å². The van der Waals surface area contributed by atoms with Crippen molar-refractivity contribution >= 4 is 6.09 Å². The van der Waals surface area contributed by atoms with Crippen LogP contribution in [0.15, 0.2) is 0 Å². The van der Waals surface area contributed by atoms with Gasteiger partial charge in [0, 0.05) is 19.1 Å². The van der Waals surface area contributed by atoms with E-state index < -0.39 is 0 Å². The van der Waals surface area contributed by atoms with E-state index in [0.29, 0.717) is 18.6 Å². The van der Waals surface area contributed by atoms with Crippen LogP contribution in [0.4, 0.5) is 4.79 Å². The lowest BCUT2D eigenvalue weighted by Gasteiger charge is -2.32. The molecule has 1 N–H and O–H groups in total. The van der Waals surface area contributed by atoms with E-state index in [2.05, 4.69) is 26.1 Å². The minimum absolute atomic E-state index is 0.143. The molecular weight excluding hydrogens is 228 g/mol. The molecule has 1 rings (SSSR count). The number of amides is 1. The Kier molecular flexibility index (Phi) is 7.09. The number of carbonyl (C=O) groups excluding carboxylic acids is 1. The van der Waals surface area contributed by atoms with Gasteiger partial charge in [0.15, 0.2) is 0 Å². The normalized spacial score (nSPS) is 17.2. The molecule has 0 unspecified atom stereocenters. The highest BCUT2D eigenvalue weighted by atomic mass is 16.6. The maximum Gasteiger partial charge on any atom is 0.409 e. The summed E-state index contributed by atoms with van der Waals surface area (Å²) < 4.78 is 5.24. The summed E-state index contributed by atoms with van der Waals surface area (Å²) in [5.41, 5.74) is 0. The van der Waals surface area contributed by atoms with Crippen molar-refractivity contribution in [3.8, 4) is 0 Å². The predicted molar refractivity (Wildman–Crippen MR) is 73.7 cm³/mol. The number of nitrogens with one attached hydrogen (secondary N) is 1. The smallest absolute Gasteiger partial charge is 0.409 e. The molecule has 4 nitrogen and oxygen atoms in total. The fourth-order valence-corrected chi connectivity index (χ4v) is 2.08. The van der Waals surface area contributed by atoms with Gasteiger partial charge in [-0.25, -0.2) is 4.79 Å². The number of rotatable bonds is 6. The standard InChI is InChI=1S/C14H28N2O2/c1-4-5-8-15-13-6-9-16(10-7-13)14(17)18-11-12(2)3/h12-13,15H,4-11H2,1-3H3. The average Bonchev–Trinajstić information content (AvgIpc) is 2.37. The van der Waals surface area contributed by atoms with Gasteiger partial charge in [0.05, 0.1) is 6.61 Å². The molecule has 1 amide bonds. The highest BCUT2D eigenvalue weighted by molar-refractivity contribution is 5.67. The van der Waals surface area contributed by atoms with E-state index in [-0.39, 0.29) is 6.09 Å². The molecule has 0 saturated carbocycles. The molecule has 0 aromatic carbocycles. The molecule has 0 spiro atoms. The average molecular weight is 256 g/mol. The Morgan fingerprint density at radius 3 is 2.61 bits per heavy atom. The number of carbonyl (C=O) groups is 1. The molecule has 1 aliphatic rings. The van der Waals surface area contributed by atoms with Gasteiger partial charge < -0.3 is 15.0 Å². The number of hydrogen-bond acceptors (Lipinski definition) is 3. The van der Waals surface area contributed by atoms with Crippen LogP contribution in [0.3, 0.4) is 0 Å². The first-order valence-corrected chi connectivity index (χ1v) is 7.28. The summed E-state index contributed by atoms with van der Waals surface area (Å²) in [5.74, 6) is 0.405. The first-order chi connectivity index (χ1) is 8.63. The highest BCUT2D eigenvalue weighted by Crippen LogP contribution is 2.12. The fraction of sp³-hybridized carbons (Fsp3) is 0.929. The quantitative estimate of drug-likeness (QED) is 0.743. The maximum atomic E-state index is 11.8. The molecule has 1 heterocycles. The van der Waals surface area contributed by atoms with Crippen molar-refractivity contribution in [3.05, 3.63) is 0 Å². The van der Waals surface area contributed by atoms with Crippen LogP contribution in [0.25, 0.3) is 0 Å². The van der Waals surface area contributed by atoms with Crippen molar-refractivity contribution < 1.29 is 9.53 Å². The molecule has 0 aliphatic carbocycles. The molecule has 0 aromatic rings. The number of unbranched alkanes of at least 4 members (excludes halogenated alkanes) is 1. The van der Waals surface area contributed by atoms with E-state index in [4.69, 9.17) is 4.74 Å². The molecule has 0 bridgehead atoms. The topological polar surface area (TPSA) is 41.6 Å². The van der Waals surface area contributed by atoms with Crippen LogP contribution in [0.5, 0.6) is 0 Å². The van der Waals surface area contributed by atoms with Crippen LogP contribution in [-0.2, 0) is 4.74 Å². The van der Waals surface area contributed by atoms with E-state index in [0.717, 1.165) is 32.5 Å². The van der Waals surface area contributed by atoms with Crippen LogP contribution in [-0.4, -0.2) is 43.3 Å². The van der Waals surface area contributed by atoms with Crippen molar-refractivity contribution in [2.45, 2.75) is 52.5 Å². The third-order valence-electron chi connectivity index (χ3n) is 3.26. The number of nitrogens with zero attached hydrogens (tertiary/aromatic N) is 1. The van der Waals surface area contributed by atoms with Gasteiger partial charge >= 0.3 is 6.09 Å². The Morgan fingerprint density at radius 1 is 1.39 bits per heavy atom. The molecule has 4 heteroatoms. The summed E-state index contributed by atoms with van der Waals surface area (Å²) in [6.45, 7) is 9.57. The third kappa shape index (κ3) is 5.71. The van der Waals surface area contributed by atoms with E-state index in [1.165, 1.54) is 12.8 Å². The maximum absolute atomic E-state index is 11.8. The zero-order valence-corrected chi connectivity index (χ0v) is 12.1. The number of piperidine rings is 1. The van der Waals surface area contributed by atoms with Crippen molar-refractivity contribution in [2.75, 3.05) is 26.2 Å². The number of ether oxygens (including phenoxy) is 1. The molecule has 0 atom stereocenters. The summed E-state index contributed by atoms with van der Waals surface area (Å²) in [5, 5.41) is 3.55. The molecule has 0 radical (unpaired) electrons. The fourth-order valence-electron chi connectivity index (χ4n) is 2.08. The van der Waals surface area contributed by atoms with Crippen LogP contribution in [0.1, 0.15) is 46.5 Å². The van der Waals surface area contributed by atoms with Crippen LogP contribution < -0.4 is 5.32 Å². The van der Waals surface area contributed by atoms with Gasteiger partial charge in [0.2, 0.25) is 0 Å². The van der Waals surface area contributed by atoms with Gasteiger partial charge in [-0.3, -0.25) is 0 Å². The van der Waals surface area contributed by atoms with Gasteiger partial charge in [-0.05, 0) is 31.7 Å². The summed E-state index contributed by atoms with van der Waals surface area (Å²) in [7, 11) is 0. The van der Waals surface area contributed by atoms with Gasteiger partial charge in [-0.2, -0.15) is 0 Å². The zero-order chi connectivity index (χ0) is 13.4. The molecule has 106 valence electrons. The molecular formula is C14H28N2O2. The van der Waals surface area contributed by atoms with Crippen molar-refractivity contribution in [1.29, 1.82) is 0 Å². The van der Waals surface area contributed by atoms with E-state index in [9.17, 15) is 4.79 Å². The Morgan fingerprint density at radius 2 is 2.06 bits per heavy atom. The van der Waals surface area contributed by atoms with Gasteiger partial charge in [-0.15, -0.1) is 0 Å². The summed E-state index contributed by atoms with van der Waals surface area (Å²) in [6.07, 6.45) is 4.40. The lowest BCUT2D eigenvalue weighted by atomic mass is 10.1. The van der Waals surface area contributed by atoms with Crippen molar-refractivity contribution in [2.24, 2.45) is 5.92 Å². The SMILES string of the molecule is CCCCNC1CCN(C(=O)OCC(C)C)CC1. The van der Waals surface area contributed by atoms with Crippen LogP contribution in [0, 0.1) is 5.92 Å². The zero-order valence-electron chi connectivity index (χ0n) is 12.1. The molecule has 0 aromatic heterocycles. The van der Waals surface area contributed by atoms with Crippen molar-refractivity contribution in [3.63, 3.8) is 0 Å². The second-order valence-electron chi connectivity index (χ2n) is 5.54. The number of hydrogen-bond donors (Lipinski definition) is 1. The lowest BCUT2D eigenvalue weighted by molar-refractivity contribution is 0.0818. The lowest BCUT2D eigenvalue weighted by Crippen LogP contribution is -2.45. The minimum atomic E-state index is -0.143. The molecule has 18 heavy (non-hydrogen) atoms. The molecule has 1 saturated heterocycles. The Balaban J connectivity index is 2.16. The first-order valence-electron chi connectivity index (χ1n) is 7.28. The second-order valence-corrected chi connectivity index (χ2v) is 5.54. The van der Waals surface area contributed by atoms with E-state index in [1.807, 2.05) is 4.90 Å². The monoisotopic (exact) mass is 256 g/mol. The van der Waals surface area contributed by atoms with E-state index in [1.54, 1.807) is 0 Å². The third-order valence-corrected chi connectivity index (χ3v) is 3.26. The molecule has 1 fully saturated rings. The van der Waals surface area contributed by atoms with E-state index >= 15 is 0 Å².